The van der Waals surface area contributed by atoms with Crippen molar-refractivity contribution >= 4 is 12.1 Å². The first-order chi connectivity index (χ1) is 15.3. The second-order valence-electron chi connectivity index (χ2n) is 9.75. The first-order valence-corrected chi connectivity index (χ1v) is 12.1. The van der Waals surface area contributed by atoms with Crippen LogP contribution in [0.3, 0.4) is 0 Å². The number of hydrogen-bond acceptors (Lipinski definition) is 4. The van der Waals surface area contributed by atoms with Crippen molar-refractivity contribution < 1.29 is 14.3 Å². The summed E-state index contributed by atoms with van der Waals surface area (Å²) in [5.74, 6) is 2.28. The monoisotopic (exact) mass is 444 g/mol. The predicted octanol–water partition coefficient (Wildman–Crippen LogP) is 4.14. The van der Waals surface area contributed by atoms with E-state index in [1.807, 2.05) is 56.0 Å². The maximum atomic E-state index is 12.4. The molecule has 1 amide bonds. The number of carbonyl (C=O) groups is 1. The summed E-state index contributed by atoms with van der Waals surface area (Å²) in [4.78, 5) is 21.6. The molecule has 0 spiro atoms. The molecule has 0 aliphatic carbocycles. The minimum absolute atomic E-state index is 0.210. The van der Waals surface area contributed by atoms with Crippen molar-refractivity contribution in [2.75, 3.05) is 39.3 Å². The normalized spacial score (nSPS) is 20.8. The third-order valence-electron chi connectivity index (χ3n) is 5.79. The molecule has 7 heteroatoms. The molecular weight excluding hydrogens is 404 g/mol. The van der Waals surface area contributed by atoms with E-state index in [0.29, 0.717) is 12.5 Å². The lowest BCUT2D eigenvalue weighted by molar-refractivity contribution is 0.0170. The zero-order valence-electron chi connectivity index (χ0n) is 20.2. The predicted molar refractivity (Wildman–Crippen MR) is 128 cm³/mol. The minimum Gasteiger partial charge on any atom is -0.490 e. The Morgan fingerprint density at radius 1 is 1.09 bits per heavy atom. The summed E-state index contributed by atoms with van der Waals surface area (Å²) < 4.78 is 11.7. The Kier molecular flexibility index (Phi) is 8.65. The molecule has 32 heavy (non-hydrogen) atoms. The Bertz CT molecular complexity index is 739. The summed E-state index contributed by atoms with van der Waals surface area (Å²) in [7, 11) is 0. The maximum absolute atomic E-state index is 12.4. The molecule has 1 atom stereocenters. The number of aliphatic imine (C=N–C) groups is 1. The summed E-state index contributed by atoms with van der Waals surface area (Å²) in [5, 5.41) is 3.45. The van der Waals surface area contributed by atoms with Gasteiger partial charge in [-0.25, -0.2) is 4.79 Å². The zero-order chi connectivity index (χ0) is 23.0. The highest BCUT2D eigenvalue weighted by atomic mass is 16.6. The van der Waals surface area contributed by atoms with Gasteiger partial charge in [0.05, 0.1) is 0 Å². The van der Waals surface area contributed by atoms with Gasteiger partial charge >= 0.3 is 6.09 Å². The molecule has 7 nitrogen and oxygen atoms in total. The van der Waals surface area contributed by atoms with Crippen molar-refractivity contribution in [2.24, 2.45) is 10.9 Å². The molecule has 2 saturated heterocycles. The number of piperidine rings is 2. The fourth-order valence-corrected chi connectivity index (χ4v) is 4.22. The van der Waals surface area contributed by atoms with Gasteiger partial charge in [-0.15, -0.1) is 0 Å². The first-order valence-electron chi connectivity index (χ1n) is 12.1. The quantitative estimate of drug-likeness (QED) is 0.546. The number of carbonyl (C=O) groups excluding carboxylic acids is 1. The molecule has 0 aromatic heterocycles. The lowest BCUT2D eigenvalue weighted by Gasteiger charge is -2.35. The van der Waals surface area contributed by atoms with Crippen LogP contribution < -0.4 is 10.1 Å². The van der Waals surface area contributed by atoms with Gasteiger partial charge in [0.2, 0.25) is 0 Å². The van der Waals surface area contributed by atoms with E-state index in [9.17, 15) is 4.79 Å². The fraction of sp³-hybridized carbons (Fsp3) is 0.680. The van der Waals surface area contributed by atoms with Gasteiger partial charge in [0, 0.05) is 52.1 Å². The van der Waals surface area contributed by atoms with Crippen molar-refractivity contribution in [2.45, 2.75) is 65.1 Å². The van der Waals surface area contributed by atoms with E-state index in [-0.39, 0.29) is 12.2 Å². The topological polar surface area (TPSA) is 66.4 Å². The Morgan fingerprint density at radius 2 is 1.81 bits per heavy atom. The Labute approximate surface area is 193 Å². The number of nitrogens with zero attached hydrogens (tertiary/aromatic N) is 3. The third-order valence-corrected chi connectivity index (χ3v) is 5.79. The molecule has 0 saturated carbocycles. The molecule has 3 rings (SSSR count). The summed E-state index contributed by atoms with van der Waals surface area (Å²) in [6.45, 7) is 12.7. The number of para-hydroxylation sites is 1. The van der Waals surface area contributed by atoms with Crippen LogP contribution in [0.4, 0.5) is 4.79 Å². The van der Waals surface area contributed by atoms with Crippen molar-refractivity contribution in [3.05, 3.63) is 30.3 Å². The smallest absolute Gasteiger partial charge is 0.410 e. The average molecular weight is 445 g/mol. The van der Waals surface area contributed by atoms with Crippen LogP contribution in [0.5, 0.6) is 5.75 Å². The van der Waals surface area contributed by atoms with Gasteiger partial charge < -0.3 is 24.6 Å². The largest absolute Gasteiger partial charge is 0.490 e. The highest BCUT2D eigenvalue weighted by molar-refractivity contribution is 5.80. The van der Waals surface area contributed by atoms with E-state index in [4.69, 9.17) is 14.5 Å². The molecule has 2 fully saturated rings. The first kappa shape index (κ1) is 24.2. The highest BCUT2D eigenvalue weighted by Gasteiger charge is 2.28. The van der Waals surface area contributed by atoms with Crippen LogP contribution in [0.1, 0.15) is 53.4 Å². The summed E-state index contributed by atoms with van der Waals surface area (Å²) >= 11 is 0. The maximum Gasteiger partial charge on any atom is 0.410 e. The van der Waals surface area contributed by atoms with Gasteiger partial charge in [-0.2, -0.15) is 0 Å². The molecule has 1 N–H and O–H groups in total. The van der Waals surface area contributed by atoms with E-state index in [0.717, 1.165) is 70.1 Å². The highest BCUT2D eigenvalue weighted by Crippen LogP contribution is 2.21. The van der Waals surface area contributed by atoms with Crippen LogP contribution in [0, 0.1) is 5.92 Å². The van der Waals surface area contributed by atoms with Crippen molar-refractivity contribution in [3.63, 3.8) is 0 Å². The number of nitrogens with one attached hydrogen (secondary N) is 1. The van der Waals surface area contributed by atoms with Gasteiger partial charge in [-0.05, 0) is 58.6 Å². The van der Waals surface area contributed by atoms with Gasteiger partial charge in [0.25, 0.3) is 0 Å². The van der Waals surface area contributed by atoms with E-state index >= 15 is 0 Å². The van der Waals surface area contributed by atoms with Crippen molar-refractivity contribution in [1.82, 2.24) is 15.1 Å². The second-order valence-corrected chi connectivity index (χ2v) is 9.75. The van der Waals surface area contributed by atoms with Crippen LogP contribution in [-0.2, 0) is 4.74 Å². The van der Waals surface area contributed by atoms with Crippen LogP contribution in [0.15, 0.2) is 35.3 Å². The lowest BCUT2D eigenvalue weighted by Crippen LogP contribution is -2.48. The lowest BCUT2D eigenvalue weighted by atomic mass is 9.98. The van der Waals surface area contributed by atoms with Crippen LogP contribution in [-0.4, -0.2) is 72.8 Å². The molecule has 0 bridgehead atoms. The molecule has 178 valence electrons. The number of benzene rings is 1. The molecule has 1 aromatic carbocycles. The molecule has 1 unspecified atom stereocenters. The zero-order valence-corrected chi connectivity index (χ0v) is 20.2. The second kappa shape index (κ2) is 11.4. The number of hydrogen-bond donors (Lipinski definition) is 1. The molecule has 1 aromatic rings. The van der Waals surface area contributed by atoms with Crippen molar-refractivity contribution in [1.29, 1.82) is 0 Å². The Balaban J connectivity index is 1.50. The Hall–Kier alpha value is -2.44. The number of amides is 1. The van der Waals surface area contributed by atoms with Gasteiger partial charge in [0.15, 0.2) is 5.96 Å². The van der Waals surface area contributed by atoms with Crippen LogP contribution >= 0.6 is 0 Å². The van der Waals surface area contributed by atoms with E-state index in [1.165, 1.54) is 0 Å². The van der Waals surface area contributed by atoms with Gasteiger partial charge in [0.1, 0.15) is 17.5 Å². The summed E-state index contributed by atoms with van der Waals surface area (Å²) in [5.41, 5.74) is -0.462. The number of ether oxygens (including phenoxy) is 2. The van der Waals surface area contributed by atoms with Crippen LogP contribution in [0.2, 0.25) is 0 Å². The van der Waals surface area contributed by atoms with E-state index in [2.05, 4.69) is 17.1 Å². The SMILES string of the molecule is CCNC(=NCC1CCCN(C(=O)OC(C)(C)C)C1)N1CCC(Oc2ccccc2)CC1. The van der Waals surface area contributed by atoms with Crippen molar-refractivity contribution in [3.8, 4) is 5.75 Å². The standard InChI is InChI=1S/C25H40N4O3/c1-5-26-23(28-16-13-22(14-17-28)31-21-11-7-6-8-12-21)27-18-20-10-9-15-29(19-20)24(30)32-25(2,3)4/h6-8,11-12,20,22H,5,9-10,13-19H2,1-4H3,(H,26,27). The number of rotatable bonds is 5. The Morgan fingerprint density at radius 3 is 2.47 bits per heavy atom. The van der Waals surface area contributed by atoms with Gasteiger partial charge in [-0.3, -0.25) is 4.99 Å². The molecule has 2 heterocycles. The number of guanidine groups is 1. The number of likely N-dealkylation sites (tertiary alicyclic amines) is 2. The molecule has 0 radical (unpaired) electrons. The van der Waals surface area contributed by atoms with E-state index in [1.54, 1.807) is 0 Å². The third kappa shape index (κ3) is 7.61. The molecule has 2 aliphatic rings. The summed E-state index contributed by atoms with van der Waals surface area (Å²) in [6, 6.07) is 10.1. The van der Waals surface area contributed by atoms with E-state index < -0.39 is 5.60 Å². The molecule has 2 aliphatic heterocycles. The minimum atomic E-state index is -0.462. The average Bonchev–Trinajstić information content (AvgIpc) is 2.77. The summed E-state index contributed by atoms with van der Waals surface area (Å²) in [6.07, 6.45) is 4.09. The van der Waals surface area contributed by atoms with Crippen LogP contribution in [0.25, 0.3) is 0 Å². The van der Waals surface area contributed by atoms with Gasteiger partial charge in [-0.1, -0.05) is 18.2 Å². The fourth-order valence-electron chi connectivity index (χ4n) is 4.22. The molecular formula is C25H40N4O3.